The second-order valence-electron chi connectivity index (χ2n) is 8.34. The maximum atomic E-state index is 13.8. The van der Waals surface area contributed by atoms with Gasteiger partial charge in [0.2, 0.25) is 5.82 Å². The van der Waals surface area contributed by atoms with Gasteiger partial charge in [-0.3, -0.25) is 4.57 Å². The van der Waals surface area contributed by atoms with E-state index in [9.17, 15) is 12.8 Å². The summed E-state index contributed by atoms with van der Waals surface area (Å²) in [5.74, 6) is 0.224. The summed E-state index contributed by atoms with van der Waals surface area (Å²) in [6.07, 6.45) is 3.92. The van der Waals surface area contributed by atoms with Crippen LogP contribution in [0.3, 0.4) is 0 Å². The largest absolute Gasteiger partial charge is 0.494 e. The third kappa shape index (κ3) is 4.79. The number of furan rings is 1. The zero-order chi connectivity index (χ0) is 26.0. The highest BCUT2D eigenvalue weighted by molar-refractivity contribution is 7.91. The SMILES string of the molecule is COc1cccc(OC)c1-n1c(CS(=O)(=O)[C@H]2COCC[C@@H]2c2ncc(F)cn2)nnc1-c1ccco1. The Bertz CT molecular complexity index is 1450. The topological polar surface area (TPSA) is 131 Å². The third-order valence-corrected chi connectivity index (χ3v) is 8.21. The number of halogens is 1. The molecule has 0 bridgehead atoms. The number of hydrogen-bond acceptors (Lipinski definition) is 10. The van der Waals surface area contributed by atoms with Crippen molar-refractivity contribution in [3.8, 4) is 28.8 Å². The molecule has 11 nitrogen and oxygen atoms in total. The molecule has 37 heavy (non-hydrogen) atoms. The fourth-order valence-corrected chi connectivity index (χ4v) is 6.25. The zero-order valence-electron chi connectivity index (χ0n) is 20.1. The van der Waals surface area contributed by atoms with Gasteiger partial charge in [0.15, 0.2) is 27.2 Å². The van der Waals surface area contributed by atoms with E-state index in [0.29, 0.717) is 36.0 Å². The molecule has 1 aromatic carbocycles. The van der Waals surface area contributed by atoms with Crippen LogP contribution < -0.4 is 9.47 Å². The number of nitrogens with zero attached hydrogens (tertiary/aromatic N) is 5. The number of sulfone groups is 1. The van der Waals surface area contributed by atoms with Crippen LogP contribution >= 0.6 is 0 Å². The molecular formula is C24H24FN5O6S. The van der Waals surface area contributed by atoms with Gasteiger partial charge in [0.1, 0.15) is 28.8 Å². The van der Waals surface area contributed by atoms with Crippen LogP contribution in [0.25, 0.3) is 17.3 Å². The lowest BCUT2D eigenvalue weighted by molar-refractivity contribution is 0.0860. The minimum Gasteiger partial charge on any atom is -0.494 e. The molecule has 1 aliphatic heterocycles. The molecule has 4 aromatic rings. The van der Waals surface area contributed by atoms with Gasteiger partial charge in [-0.05, 0) is 30.7 Å². The van der Waals surface area contributed by atoms with Crippen LogP contribution in [-0.4, -0.2) is 65.8 Å². The monoisotopic (exact) mass is 529 g/mol. The Labute approximate surface area is 212 Å². The van der Waals surface area contributed by atoms with Crippen LogP contribution in [0.4, 0.5) is 4.39 Å². The van der Waals surface area contributed by atoms with Gasteiger partial charge in [0.05, 0.1) is 44.7 Å². The average molecular weight is 530 g/mol. The third-order valence-electron chi connectivity index (χ3n) is 6.16. The highest BCUT2D eigenvalue weighted by atomic mass is 32.2. The first-order valence-electron chi connectivity index (χ1n) is 11.4. The molecule has 5 rings (SSSR count). The number of methoxy groups -OCH3 is 2. The van der Waals surface area contributed by atoms with Crippen molar-refractivity contribution in [1.82, 2.24) is 24.7 Å². The molecule has 0 saturated carbocycles. The highest BCUT2D eigenvalue weighted by Crippen LogP contribution is 2.38. The van der Waals surface area contributed by atoms with Crippen molar-refractivity contribution < 1.29 is 31.4 Å². The highest BCUT2D eigenvalue weighted by Gasteiger charge is 2.40. The Morgan fingerprint density at radius 2 is 1.81 bits per heavy atom. The molecule has 0 spiro atoms. The Morgan fingerprint density at radius 3 is 2.46 bits per heavy atom. The molecule has 1 fully saturated rings. The molecule has 0 N–H and O–H groups in total. The number of para-hydroxylation sites is 1. The maximum Gasteiger partial charge on any atom is 0.204 e. The summed E-state index contributed by atoms with van der Waals surface area (Å²) in [6, 6.07) is 8.58. The van der Waals surface area contributed by atoms with Crippen LogP contribution in [0.1, 0.15) is 24.0 Å². The van der Waals surface area contributed by atoms with E-state index < -0.39 is 32.6 Å². The van der Waals surface area contributed by atoms with Gasteiger partial charge in [0, 0.05) is 12.5 Å². The second kappa shape index (κ2) is 10.3. The fraction of sp³-hybridized carbons (Fsp3) is 0.333. The second-order valence-corrected chi connectivity index (χ2v) is 10.6. The van der Waals surface area contributed by atoms with Crippen LogP contribution in [0.5, 0.6) is 11.5 Å². The minimum atomic E-state index is -3.90. The Kier molecular flexibility index (Phi) is 6.89. The van der Waals surface area contributed by atoms with Gasteiger partial charge in [-0.1, -0.05) is 6.07 Å². The van der Waals surface area contributed by atoms with E-state index in [4.69, 9.17) is 18.6 Å². The zero-order valence-corrected chi connectivity index (χ0v) is 20.9. The quantitative estimate of drug-likeness (QED) is 0.336. The van der Waals surface area contributed by atoms with Crippen LogP contribution in [0.15, 0.2) is 53.4 Å². The van der Waals surface area contributed by atoms with Crippen molar-refractivity contribution >= 4 is 9.84 Å². The van der Waals surface area contributed by atoms with E-state index in [2.05, 4.69) is 20.2 Å². The summed E-state index contributed by atoms with van der Waals surface area (Å²) in [6.45, 7) is 0.291. The smallest absolute Gasteiger partial charge is 0.204 e. The van der Waals surface area contributed by atoms with Gasteiger partial charge in [0.25, 0.3) is 0 Å². The van der Waals surface area contributed by atoms with E-state index in [0.717, 1.165) is 12.4 Å². The lowest BCUT2D eigenvalue weighted by atomic mass is 9.99. The van der Waals surface area contributed by atoms with E-state index in [1.54, 1.807) is 34.9 Å². The summed E-state index contributed by atoms with van der Waals surface area (Å²) < 4.78 is 64.8. The molecule has 4 heterocycles. The van der Waals surface area contributed by atoms with Crippen molar-refractivity contribution in [2.24, 2.45) is 0 Å². The summed E-state index contributed by atoms with van der Waals surface area (Å²) in [5, 5.41) is 7.51. The summed E-state index contributed by atoms with van der Waals surface area (Å²) in [7, 11) is -0.907. The molecule has 194 valence electrons. The van der Waals surface area contributed by atoms with Gasteiger partial charge >= 0.3 is 0 Å². The predicted molar refractivity (Wildman–Crippen MR) is 129 cm³/mol. The van der Waals surface area contributed by atoms with Gasteiger partial charge in [-0.2, -0.15) is 0 Å². The van der Waals surface area contributed by atoms with Crippen molar-refractivity contribution in [2.75, 3.05) is 27.4 Å². The van der Waals surface area contributed by atoms with Gasteiger partial charge in [-0.15, -0.1) is 10.2 Å². The number of rotatable bonds is 8. The standard InChI is InChI=1S/C24H24FN5O6S/c1-33-17-5-3-6-18(34-2)22(17)30-21(28-29-24(30)19-7-4-9-36-19)14-37(31,32)20-13-35-10-8-16(20)23-26-11-15(25)12-27-23/h3-7,9,11-12,16,20H,8,10,13-14H2,1-2H3/t16-,20-/m0/s1. The van der Waals surface area contributed by atoms with E-state index in [1.165, 1.54) is 20.5 Å². The molecule has 2 atom stereocenters. The van der Waals surface area contributed by atoms with Crippen molar-refractivity contribution in [2.45, 2.75) is 23.3 Å². The number of aromatic nitrogens is 5. The Hall–Kier alpha value is -3.84. The van der Waals surface area contributed by atoms with Crippen LogP contribution in [-0.2, 0) is 20.3 Å². The van der Waals surface area contributed by atoms with Gasteiger partial charge in [-0.25, -0.2) is 22.8 Å². The molecule has 0 radical (unpaired) electrons. The number of hydrogen-bond donors (Lipinski definition) is 0. The number of benzene rings is 1. The lowest BCUT2D eigenvalue weighted by Crippen LogP contribution is -2.39. The van der Waals surface area contributed by atoms with Gasteiger partial charge < -0.3 is 18.6 Å². The van der Waals surface area contributed by atoms with E-state index >= 15 is 0 Å². The van der Waals surface area contributed by atoms with Crippen molar-refractivity contribution in [3.63, 3.8) is 0 Å². The summed E-state index contributed by atoms with van der Waals surface area (Å²) in [4.78, 5) is 8.07. The van der Waals surface area contributed by atoms with Crippen LogP contribution in [0.2, 0.25) is 0 Å². The Balaban J connectivity index is 1.60. The maximum absolute atomic E-state index is 13.8. The first kappa shape index (κ1) is 24.8. The van der Waals surface area contributed by atoms with E-state index in [-0.39, 0.29) is 24.1 Å². The molecule has 0 amide bonds. The lowest BCUT2D eigenvalue weighted by Gasteiger charge is -2.30. The fourth-order valence-electron chi connectivity index (χ4n) is 4.42. The average Bonchev–Trinajstić information content (AvgIpc) is 3.58. The van der Waals surface area contributed by atoms with Crippen molar-refractivity contribution in [1.29, 1.82) is 0 Å². The normalized spacial score (nSPS) is 18.0. The van der Waals surface area contributed by atoms with E-state index in [1.807, 2.05) is 0 Å². The Morgan fingerprint density at radius 1 is 1.08 bits per heavy atom. The van der Waals surface area contributed by atoms with Crippen molar-refractivity contribution in [3.05, 3.63) is 66.5 Å². The number of ether oxygens (including phenoxy) is 3. The molecule has 0 unspecified atom stereocenters. The van der Waals surface area contributed by atoms with Crippen LogP contribution in [0, 0.1) is 5.82 Å². The first-order valence-corrected chi connectivity index (χ1v) is 13.1. The molecule has 3 aromatic heterocycles. The molecular weight excluding hydrogens is 505 g/mol. The first-order chi connectivity index (χ1) is 17.9. The molecule has 1 saturated heterocycles. The molecule has 0 aliphatic carbocycles. The summed E-state index contributed by atoms with van der Waals surface area (Å²) in [5.41, 5.74) is 0.424. The minimum absolute atomic E-state index is 0.0507. The molecule has 1 aliphatic rings. The molecule has 13 heteroatoms. The predicted octanol–water partition coefficient (Wildman–Crippen LogP) is 2.96. The summed E-state index contributed by atoms with van der Waals surface area (Å²) >= 11 is 0.